The molecule has 0 radical (unpaired) electrons. The summed E-state index contributed by atoms with van der Waals surface area (Å²) in [6, 6.07) is 1.79. The number of nitrogens with zero attached hydrogens (tertiary/aromatic N) is 3. The third-order valence-corrected chi connectivity index (χ3v) is 2.58. The summed E-state index contributed by atoms with van der Waals surface area (Å²) in [6.45, 7) is 7.47. The van der Waals surface area contributed by atoms with Gasteiger partial charge in [0.25, 0.3) is 5.91 Å². The number of aryl methyl sites for hydroxylation is 1. The highest BCUT2D eigenvalue weighted by Crippen LogP contribution is 2.07. The van der Waals surface area contributed by atoms with E-state index >= 15 is 0 Å². The molecule has 2 N–H and O–H groups in total. The number of aromatic nitrogens is 2. The highest BCUT2D eigenvalue weighted by Gasteiger charge is 2.11. The van der Waals surface area contributed by atoms with Crippen molar-refractivity contribution in [2.45, 2.75) is 33.2 Å². The Labute approximate surface area is 121 Å². The average Bonchev–Trinajstić information content (AvgIpc) is 2.33. The van der Waals surface area contributed by atoms with Crippen LogP contribution in [0.25, 0.3) is 0 Å². The second-order valence-electron chi connectivity index (χ2n) is 5.40. The molecule has 0 aliphatic heterocycles. The average molecular weight is 279 g/mol. The normalized spacial score (nSPS) is 10.9. The third-order valence-electron chi connectivity index (χ3n) is 2.58. The molecule has 1 rings (SSSR count). The molecule has 0 saturated heterocycles. The minimum Gasteiger partial charge on any atom is -0.370 e. The van der Waals surface area contributed by atoms with E-state index in [2.05, 4.69) is 25.5 Å². The maximum atomic E-state index is 11.9. The van der Waals surface area contributed by atoms with Crippen LogP contribution in [0.5, 0.6) is 0 Å². The minimum atomic E-state index is -0.165. The van der Waals surface area contributed by atoms with E-state index in [1.54, 1.807) is 13.0 Å². The van der Waals surface area contributed by atoms with E-state index in [9.17, 15) is 4.79 Å². The van der Waals surface area contributed by atoms with Crippen molar-refractivity contribution in [1.82, 2.24) is 20.2 Å². The van der Waals surface area contributed by atoms with Crippen LogP contribution in [0.4, 0.5) is 5.82 Å². The quantitative estimate of drug-likeness (QED) is 0.736. The van der Waals surface area contributed by atoms with Gasteiger partial charge in [0.15, 0.2) is 0 Å². The fourth-order valence-corrected chi connectivity index (χ4v) is 1.72. The summed E-state index contributed by atoms with van der Waals surface area (Å²) < 4.78 is 0. The Kier molecular flexibility index (Phi) is 6.38. The maximum absolute atomic E-state index is 11.9. The second kappa shape index (κ2) is 7.79. The summed E-state index contributed by atoms with van der Waals surface area (Å²) in [6.07, 6.45) is 1.02. The van der Waals surface area contributed by atoms with Gasteiger partial charge in [0.05, 0.1) is 0 Å². The van der Waals surface area contributed by atoms with E-state index in [1.807, 2.05) is 27.9 Å². The van der Waals surface area contributed by atoms with Gasteiger partial charge in [0, 0.05) is 18.7 Å². The molecule has 1 aromatic heterocycles. The molecule has 20 heavy (non-hydrogen) atoms. The first-order valence-corrected chi connectivity index (χ1v) is 6.93. The summed E-state index contributed by atoms with van der Waals surface area (Å²) in [5.74, 6) is 1.13. The van der Waals surface area contributed by atoms with Gasteiger partial charge in [-0.2, -0.15) is 0 Å². The van der Waals surface area contributed by atoms with Crippen LogP contribution >= 0.6 is 0 Å². The Bertz CT molecular complexity index is 445. The van der Waals surface area contributed by atoms with Crippen LogP contribution in [0, 0.1) is 6.92 Å². The van der Waals surface area contributed by atoms with Crippen LogP contribution in [0.2, 0.25) is 0 Å². The molecule has 0 bridgehead atoms. The van der Waals surface area contributed by atoms with E-state index in [0.717, 1.165) is 19.5 Å². The molecule has 0 aromatic carbocycles. The standard InChI is InChI=1S/C14H25N5O/c1-10(2)16-14(20)12-9-13(18-11(3)17-12)15-7-6-8-19(4)5/h9-10H,6-8H2,1-5H3,(H,16,20)(H,15,17,18). The predicted octanol–water partition coefficient (Wildman–Crippen LogP) is 1.29. The highest BCUT2D eigenvalue weighted by atomic mass is 16.1. The molecule has 0 saturated carbocycles. The number of rotatable bonds is 7. The lowest BCUT2D eigenvalue weighted by molar-refractivity contribution is 0.0937. The minimum absolute atomic E-state index is 0.0919. The van der Waals surface area contributed by atoms with E-state index in [1.165, 1.54) is 0 Å². The fraction of sp³-hybridized carbons (Fsp3) is 0.643. The van der Waals surface area contributed by atoms with Crippen molar-refractivity contribution >= 4 is 11.7 Å². The van der Waals surface area contributed by atoms with E-state index in [-0.39, 0.29) is 11.9 Å². The Morgan fingerprint density at radius 2 is 2.05 bits per heavy atom. The van der Waals surface area contributed by atoms with Gasteiger partial charge in [-0.1, -0.05) is 0 Å². The lowest BCUT2D eigenvalue weighted by Gasteiger charge is -2.12. The van der Waals surface area contributed by atoms with Crippen molar-refractivity contribution in [3.05, 3.63) is 17.6 Å². The summed E-state index contributed by atoms with van der Waals surface area (Å²) in [7, 11) is 4.09. The van der Waals surface area contributed by atoms with E-state index in [0.29, 0.717) is 17.3 Å². The summed E-state index contributed by atoms with van der Waals surface area (Å²) in [5, 5.41) is 6.06. The first kappa shape index (κ1) is 16.4. The van der Waals surface area contributed by atoms with Gasteiger partial charge in [-0.25, -0.2) is 9.97 Å². The van der Waals surface area contributed by atoms with Crippen LogP contribution in [0.3, 0.4) is 0 Å². The van der Waals surface area contributed by atoms with Crippen molar-refractivity contribution < 1.29 is 4.79 Å². The molecule has 0 aliphatic carbocycles. The molecular weight excluding hydrogens is 254 g/mol. The van der Waals surface area contributed by atoms with Crippen LogP contribution in [-0.2, 0) is 0 Å². The van der Waals surface area contributed by atoms with Crippen LogP contribution < -0.4 is 10.6 Å². The Balaban J connectivity index is 2.64. The Morgan fingerprint density at radius 3 is 2.65 bits per heavy atom. The maximum Gasteiger partial charge on any atom is 0.270 e. The number of hydrogen-bond donors (Lipinski definition) is 2. The summed E-state index contributed by atoms with van der Waals surface area (Å²) >= 11 is 0. The zero-order chi connectivity index (χ0) is 15.1. The second-order valence-corrected chi connectivity index (χ2v) is 5.40. The predicted molar refractivity (Wildman–Crippen MR) is 81.0 cm³/mol. The van der Waals surface area contributed by atoms with Crippen LogP contribution in [-0.4, -0.2) is 54.0 Å². The van der Waals surface area contributed by atoms with Crippen molar-refractivity contribution in [1.29, 1.82) is 0 Å². The molecule has 6 heteroatoms. The van der Waals surface area contributed by atoms with Crippen molar-refractivity contribution in [2.75, 3.05) is 32.5 Å². The van der Waals surface area contributed by atoms with Gasteiger partial charge in [-0.3, -0.25) is 4.79 Å². The van der Waals surface area contributed by atoms with Crippen molar-refractivity contribution in [3.63, 3.8) is 0 Å². The first-order chi connectivity index (χ1) is 9.38. The van der Waals surface area contributed by atoms with Crippen molar-refractivity contribution in [2.24, 2.45) is 0 Å². The number of carbonyl (C=O) groups excluding carboxylic acids is 1. The van der Waals surface area contributed by atoms with Gasteiger partial charge in [0.2, 0.25) is 0 Å². The van der Waals surface area contributed by atoms with E-state index < -0.39 is 0 Å². The monoisotopic (exact) mass is 279 g/mol. The van der Waals surface area contributed by atoms with Crippen LogP contribution in [0.15, 0.2) is 6.07 Å². The lowest BCUT2D eigenvalue weighted by Crippen LogP contribution is -2.31. The fourth-order valence-electron chi connectivity index (χ4n) is 1.72. The SMILES string of the molecule is Cc1nc(NCCCN(C)C)cc(C(=O)NC(C)C)n1. The zero-order valence-corrected chi connectivity index (χ0v) is 13.0. The number of hydrogen-bond acceptors (Lipinski definition) is 5. The first-order valence-electron chi connectivity index (χ1n) is 6.93. The molecule has 0 atom stereocenters. The smallest absolute Gasteiger partial charge is 0.270 e. The van der Waals surface area contributed by atoms with Gasteiger partial charge >= 0.3 is 0 Å². The zero-order valence-electron chi connectivity index (χ0n) is 13.0. The number of amides is 1. The van der Waals surface area contributed by atoms with Gasteiger partial charge in [-0.05, 0) is 47.8 Å². The highest BCUT2D eigenvalue weighted by molar-refractivity contribution is 5.93. The Morgan fingerprint density at radius 1 is 1.35 bits per heavy atom. The Hall–Kier alpha value is -1.69. The molecule has 1 aromatic rings. The number of carbonyl (C=O) groups is 1. The molecule has 112 valence electrons. The van der Waals surface area contributed by atoms with Crippen molar-refractivity contribution in [3.8, 4) is 0 Å². The number of nitrogens with one attached hydrogen (secondary N) is 2. The molecule has 0 spiro atoms. The molecule has 6 nitrogen and oxygen atoms in total. The molecule has 1 heterocycles. The lowest BCUT2D eigenvalue weighted by atomic mass is 10.3. The third kappa shape index (κ3) is 5.97. The topological polar surface area (TPSA) is 70.2 Å². The van der Waals surface area contributed by atoms with Gasteiger partial charge in [0.1, 0.15) is 17.3 Å². The van der Waals surface area contributed by atoms with Gasteiger partial charge in [-0.15, -0.1) is 0 Å². The largest absolute Gasteiger partial charge is 0.370 e. The van der Waals surface area contributed by atoms with Crippen LogP contribution in [0.1, 0.15) is 36.6 Å². The molecule has 1 amide bonds. The summed E-state index contributed by atoms with van der Waals surface area (Å²) in [4.78, 5) is 22.5. The van der Waals surface area contributed by atoms with Gasteiger partial charge < -0.3 is 15.5 Å². The molecular formula is C14H25N5O. The number of anilines is 1. The molecule has 0 aliphatic rings. The molecule has 0 unspecified atom stereocenters. The molecule has 0 fully saturated rings. The summed E-state index contributed by atoms with van der Waals surface area (Å²) in [5.41, 5.74) is 0.404. The van der Waals surface area contributed by atoms with E-state index in [4.69, 9.17) is 0 Å².